The average Bonchev–Trinajstić information content (AvgIpc) is 2.64. The third kappa shape index (κ3) is 2.63. The zero-order valence-electron chi connectivity index (χ0n) is 16.3. The third-order valence-electron chi connectivity index (χ3n) is 5.57. The minimum absolute atomic E-state index is 0.323. The van der Waals surface area contributed by atoms with Crippen molar-refractivity contribution in [2.45, 2.75) is 27.2 Å². The monoisotopic (exact) mass is 418 g/mol. The van der Waals surface area contributed by atoms with Gasteiger partial charge in [-0.25, -0.2) is 0 Å². The van der Waals surface area contributed by atoms with Gasteiger partial charge in [0.1, 0.15) is 0 Å². The van der Waals surface area contributed by atoms with Crippen LogP contribution in [0.4, 0.5) is 0 Å². The summed E-state index contributed by atoms with van der Waals surface area (Å²) in [5, 5.41) is 5.65. The van der Waals surface area contributed by atoms with E-state index in [0.717, 1.165) is 6.42 Å². The molecule has 0 saturated heterocycles. The molecule has 1 aliphatic heterocycles. The summed E-state index contributed by atoms with van der Waals surface area (Å²) >= 11 is 0.323. The molecular formula is C25H24NSe+. The molecular weight excluding hydrogens is 393 g/mol. The topological polar surface area (TPSA) is 3.88 Å². The van der Waals surface area contributed by atoms with Gasteiger partial charge in [-0.05, 0) is 0 Å². The Hall–Kier alpha value is -2.15. The summed E-state index contributed by atoms with van der Waals surface area (Å²) in [5.74, 6) is 0.681. The summed E-state index contributed by atoms with van der Waals surface area (Å²) in [5.41, 5.74) is 5.69. The number of rotatable bonds is 2. The van der Waals surface area contributed by atoms with Gasteiger partial charge < -0.3 is 0 Å². The Morgan fingerprint density at radius 2 is 1.81 bits per heavy atom. The Labute approximate surface area is 167 Å². The van der Waals surface area contributed by atoms with Crippen LogP contribution < -0.4 is 13.5 Å². The minimum atomic E-state index is 0.323. The van der Waals surface area contributed by atoms with Gasteiger partial charge in [-0.2, -0.15) is 0 Å². The number of hydrogen-bond acceptors (Lipinski definition) is 0. The molecule has 0 fully saturated rings. The Kier molecular flexibility index (Phi) is 3.89. The van der Waals surface area contributed by atoms with E-state index in [0.29, 0.717) is 20.9 Å². The fraction of sp³-hybridized carbons (Fsp3) is 0.240. The first-order valence-corrected chi connectivity index (χ1v) is 11.4. The Morgan fingerprint density at radius 1 is 1.00 bits per heavy atom. The van der Waals surface area contributed by atoms with Crippen molar-refractivity contribution >= 4 is 45.4 Å². The molecule has 1 aromatic heterocycles. The van der Waals surface area contributed by atoms with Crippen LogP contribution in [0.3, 0.4) is 0 Å². The van der Waals surface area contributed by atoms with Crippen LogP contribution in [0, 0.1) is 12.8 Å². The fourth-order valence-electron chi connectivity index (χ4n) is 4.42. The van der Waals surface area contributed by atoms with Crippen LogP contribution >= 0.6 is 0 Å². The van der Waals surface area contributed by atoms with Gasteiger partial charge in [0.05, 0.1) is 0 Å². The molecule has 0 aliphatic carbocycles. The summed E-state index contributed by atoms with van der Waals surface area (Å²) in [6, 6.07) is 18.5. The third-order valence-corrected chi connectivity index (χ3v) is 8.04. The van der Waals surface area contributed by atoms with Crippen LogP contribution in [-0.2, 0) is 13.5 Å². The van der Waals surface area contributed by atoms with Crippen LogP contribution in [0.2, 0.25) is 0 Å². The van der Waals surface area contributed by atoms with Gasteiger partial charge in [0.25, 0.3) is 0 Å². The summed E-state index contributed by atoms with van der Waals surface area (Å²) in [6.07, 6.45) is 3.46. The van der Waals surface area contributed by atoms with Crippen molar-refractivity contribution in [3.05, 3.63) is 65.9 Å². The van der Waals surface area contributed by atoms with Crippen molar-refractivity contribution in [1.82, 2.24) is 0 Å². The molecule has 0 saturated carbocycles. The summed E-state index contributed by atoms with van der Waals surface area (Å²) in [7, 11) is 2.21. The molecule has 0 radical (unpaired) electrons. The number of aryl methyl sites for hydroxylation is 2. The molecule has 2 heteroatoms. The van der Waals surface area contributed by atoms with E-state index >= 15 is 0 Å². The number of nitrogens with zero attached hydrogens (tertiary/aromatic N) is 1. The quantitative estimate of drug-likeness (QED) is 0.302. The molecule has 1 aliphatic rings. The van der Waals surface area contributed by atoms with Crippen molar-refractivity contribution in [3.63, 3.8) is 0 Å². The van der Waals surface area contributed by atoms with Crippen molar-refractivity contribution in [2.24, 2.45) is 13.0 Å². The van der Waals surface area contributed by atoms with Gasteiger partial charge in [0.15, 0.2) is 0 Å². The van der Waals surface area contributed by atoms with Gasteiger partial charge in [0.2, 0.25) is 0 Å². The molecule has 27 heavy (non-hydrogen) atoms. The average molecular weight is 417 g/mol. The van der Waals surface area contributed by atoms with Crippen molar-refractivity contribution in [3.8, 4) is 11.3 Å². The van der Waals surface area contributed by atoms with E-state index in [1.54, 1.807) is 4.46 Å². The predicted octanol–water partition coefficient (Wildman–Crippen LogP) is 3.96. The standard InChI is InChI=1S/C25H24NSe/c1-15(2)12-17-9-11-19-14-26(4)24-22-16(3)8-10-18-6-5-7-21(23(18)22)27-25(24)20(19)13-17/h5-11,13-15H,12H2,1-4H3/q+1. The second kappa shape index (κ2) is 6.19. The summed E-state index contributed by atoms with van der Waals surface area (Å²) < 4.78 is 5.43. The Morgan fingerprint density at radius 3 is 2.63 bits per heavy atom. The molecule has 0 spiro atoms. The second-order valence-electron chi connectivity index (χ2n) is 8.15. The van der Waals surface area contributed by atoms with Gasteiger partial charge in [-0.1, -0.05) is 0 Å². The SMILES string of the molecule is Cc1ccc2cccc3c2c1-c1c(c2cc(CC(C)C)ccc2c[n+]1C)[Se]3. The summed E-state index contributed by atoms with van der Waals surface area (Å²) in [6.45, 7) is 6.86. The van der Waals surface area contributed by atoms with Gasteiger partial charge >= 0.3 is 167 Å². The van der Waals surface area contributed by atoms with Crippen molar-refractivity contribution < 1.29 is 4.57 Å². The molecule has 0 N–H and O–H groups in total. The molecule has 0 atom stereocenters. The zero-order chi connectivity index (χ0) is 18.7. The van der Waals surface area contributed by atoms with Crippen molar-refractivity contribution in [1.29, 1.82) is 0 Å². The Balaban J connectivity index is 1.88. The molecule has 2 heterocycles. The van der Waals surface area contributed by atoms with E-state index in [-0.39, 0.29) is 0 Å². The van der Waals surface area contributed by atoms with Gasteiger partial charge in [0, 0.05) is 0 Å². The maximum absolute atomic E-state index is 2.46. The first-order chi connectivity index (χ1) is 13.0. The number of aromatic nitrogens is 1. The van der Waals surface area contributed by atoms with Crippen LogP contribution in [0.25, 0.3) is 32.8 Å². The number of benzene rings is 3. The second-order valence-corrected chi connectivity index (χ2v) is 10.4. The molecule has 3 aromatic carbocycles. The molecule has 0 amide bonds. The molecule has 134 valence electrons. The maximum atomic E-state index is 2.46. The van der Waals surface area contributed by atoms with Gasteiger partial charge in [-0.15, -0.1) is 0 Å². The number of pyridine rings is 1. The first kappa shape index (κ1) is 17.0. The zero-order valence-corrected chi connectivity index (χ0v) is 18.0. The number of fused-ring (bicyclic) bond motifs is 4. The normalized spacial score (nSPS) is 12.8. The molecule has 1 nitrogen and oxygen atoms in total. The van der Waals surface area contributed by atoms with E-state index in [4.69, 9.17) is 0 Å². The molecule has 0 bridgehead atoms. The van der Waals surface area contributed by atoms with E-state index in [2.05, 4.69) is 87.1 Å². The van der Waals surface area contributed by atoms with E-state index < -0.39 is 0 Å². The van der Waals surface area contributed by atoms with Crippen LogP contribution in [0.15, 0.2) is 54.7 Å². The summed E-state index contributed by atoms with van der Waals surface area (Å²) in [4.78, 5) is 0. The van der Waals surface area contributed by atoms with E-state index in [9.17, 15) is 0 Å². The van der Waals surface area contributed by atoms with Crippen LogP contribution in [0.5, 0.6) is 0 Å². The fourth-order valence-corrected chi connectivity index (χ4v) is 7.18. The van der Waals surface area contributed by atoms with Crippen LogP contribution in [0.1, 0.15) is 25.0 Å². The molecule has 0 unspecified atom stereocenters. The van der Waals surface area contributed by atoms with E-state index in [1.165, 1.54) is 48.4 Å². The first-order valence-electron chi connectivity index (χ1n) is 9.69. The van der Waals surface area contributed by atoms with Crippen LogP contribution in [-0.4, -0.2) is 15.0 Å². The molecule has 4 aromatic rings. The predicted molar refractivity (Wildman–Crippen MR) is 116 cm³/mol. The Bertz CT molecular complexity index is 1220. The molecule has 5 rings (SSSR count). The van der Waals surface area contributed by atoms with Crippen molar-refractivity contribution in [2.75, 3.05) is 0 Å². The van der Waals surface area contributed by atoms with E-state index in [1.807, 2.05) is 0 Å². The van der Waals surface area contributed by atoms with Gasteiger partial charge in [-0.3, -0.25) is 0 Å². The number of hydrogen-bond donors (Lipinski definition) is 0.